The molecule has 1 N–H and O–H groups in total. The molecule has 0 radical (unpaired) electrons. The van der Waals surface area contributed by atoms with Crippen LogP contribution in [0.15, 0.2) is 48.7 Å². The maximum absolute atomic E-state index is 13.9. The molecule has 1 atom stereocenters. The monoisotopic (exact) mass is 583 g/mol. The Labute approximate surface area is 233 Å². The van der Waals surface area contributed by atoms with Gasteiger partial charge in [0.05, 0.1) is 17.6 Å². The molecular weight excluding hydrogens is 560 g/mol. The number of hydrogen-bond acceptors (Lipinski definition) is 6. The third kappa shape index (κ3) is 8.14. The molecule has 1 heterocycles. The van der Waals surface area contributed by atoms with Gasteiger partial charge in [-0.15, -0.1) is 16.7 Å². The first-order valence-corrected chi connectivity index (χ1v) is 12.7. The van der Waals surface area contributed by atoms with Gasteiger partial charge in [0.2, 0.25) is 11.8 Å². The summed E-state index contributed by atoms with van der Waals surface area (Å²) in [5.41, 5.74) is 0.195. The van der Waals surface area contributed by atoms with Crippen LogP contribution in [0.1, 0.15) is 26.3 Å². The number of aromatic nitrogens is 3. The van der Waals surface area contributed by atoms with Crippen LogP contribution in [-0.2, 0) is 25.5 Å². The van der Waals surface area contributed by atoms with Gasteiger partial charge in [-0.25, -0.2) is 13.9 Å². The smallest absolute Gasteiger partial charge is 0.329 e. The van der Waals surface area contributed by atoms with E-state index in [-0.39, 0.29) is 17.3 Å². The van der Waals surface area contributed by atoms with Crippen molar-refractivity contribution >= 4 is 58.3 Å². The zero-order chi connectivity index (χ0) is 28.0. The third-order valence-electron chi connectivity index (χ3n) is 5.07. The number of anilines is 1. The normalized spacial score (nSPS) is 12.1. The lowest BCUT2D eigenvalue weighted by Crippen LogP contribution is -2.51. The summed E-state index contributed by atoms with van der Waals surface area (Å²) in [6.45, 7) is 4.44. The van der Waals surface area contributed by atoms with E-state index in [9.17, 15) is 18.8 Å². The van der Waals surface area contributed by atoms with Crippen LogP contribution >= 0.6 is 34.8 Å². The lowest BCUT2D eigenvalue weighted by Gasteiger charge is -2.32. The second-order valence-corrected chi connectivity index (χ2v) is 10.3. The number of carbonyl (C=O) groups is 3. The Balaban J connectivity index is 1.92. The average Bonchev–Trinajstić information content (AvgIpc) is 3.25. The Morgan fingerprint density at radius 3 is 2.50 bits per heavy atom. The minimum atomic E-state index is -1.26. The van der Waals surface area contributed by atoms with Gasteiger partial charge in [-0.1, -0.05) is 40.5 Å². The molecule has 1 aromatic heterocycles. The number of rotatable bonds is 9. The predicted molar refractivity (Wildman–Crippen MR) is 142 cm³/mol. The molecule has 202 valence electrons. The Morgan fingerprint density at radius 2 is 1.89 bits per heavy atom. The maximum atomic E-state index is 13.9. The van der Waals surface area contributed by atoms with Crippen molar-refractivity contribution in [2.24, 2.45) is 0 Å². The topological polar surface area (TPSA) is 106 Å². The van der Waals surface area contributed by atoms with Crippen molar-refractivity contribution in [3.05, 3.63) is 70.2 Å². The molecule has 3 rings (SSSR count). The summed E-state index contributed by atoms with van der Waals surface area (Å²) >= 11 is 17.9. The zero-order valence-corrected chi connectivity index (χ0v) is 23.0. The number of nitrogens with zero attached hydrogens (tertiary/aromatic N) is 4. The van der Waals surface area contributed by atoms with E-state index in [0.29, 0.717) is 16.3 Å². The lowest BCUT2D eigenvalue weighted by molar-refractivity contribution is -0.164. The van der Waals surface area contributed by atoms with Crippen molar-refractivity contribution in [2.45, 2.75) is 38.8 Å². The molecule has 0 saturated carbocycles. The summed E-state index contributed by atoms with van der Waals surface area (Å²) in [5, 5.41) is 10.7. The number of esters is 1. The van der Waals surface area contributed by atoms with Crippen LogP contribution in [0.4, 0.5) is 10.1 Å². The number of alkyl halides is 1. The van der Waals surface area contributed by atoms with Gasteiger partial charge < -0.3 is 15.0 Å². The quantitative estimate of drug-likeness (QED) is 0.289. The number of carbonyl (C=O) groups excluding carboxylic acids is 3. The van der Waals surface area contributed by atoms with Crippen LogP contribution in [-0.4, -0.2) is 61.7 Å². The van der Waals surface area contributed by atoms with Crippen molar-refractivity contribution in [1.29, 1.82) is 0 Å². The van der Waals surface area contributed by atoms with Crippen molar-refractivity contribution in [3.63, 3.8) is 0 Å². The molecule has 1 unspecified atom stereocenters. The first kappa shape index (κ1) is 29.3. The van der Waals surface area contributed by atoms with E-state index < -0.39 is 47.7 Å². The third-order valence-corrected chi connectivity index (χ3v) is 5.70. The Bertz CT molecular complexity index is 1330. The fourth-order valence-electron chi connectivity index (χ4n) is 3.54. The fraction of sp³-hybridized carbons (Fsp3) is 0.320. The highest BCUT2D eigenvalue weighted by atomic mass is 35.5. The Hall–Kier alpha value is -3.21. The van der Waals surface area contributed by atoms with Gasteiger partial charge >= 0.3 is 5.97 Å². The van der Waals surface area contributed by atoms with Crippen molar-refractivity contribution < 1.29 is 23.5 Å². The van der Waals surface area contributed by atoms with E-state index in [1.54, 1.807) is 39.0 Å². The molecule has 0 aliphatic rings. The van der Waals surface area contributed by atoms with E-state index in [1.807, 2.05) is 0 Å². The summed E-state index contributed by atoms with van der Waals surface area (Å²) in [6.07, 6.45) is 1.32. The highest BCUT2D eigenvalue weighted by molar-refractivity contribution is 6.31. The van der Waals surface area contributed by atoms with Crippen LogP contribution in [0.2, 0.25) is 10.2 Å². The summed E-state index contributed by atoms with van der Waals surface area (Å²) in [6, 6.07) is 8.98. The van der Waals surface area contributed by atoms with Crippen LogP contribution in [0.3, 0.4) is 0 Å². The number of benzene rings is 2. The van der Waals surface area contributed by atoms with Gasteiger partial charge in [-0.05, 0) is 56.7 Å². The second kappa shape index (κ2) is 12.6. The standard InChI is InChI=1S/C25H25Cl3FN5O4/c1-25(2,3)38-24(37)20(10-15-5-4-6-17(29)9-15)33(23(36)12-26)14-22(35)30-18-11-16(27)7-8-19(18)34-13-21(28)31-32-34/h4-9,11,13,20H,10,12,14H2,1-3H3,(H,30,35). The SMILES string of the molecule is CC(C)(C)OC(=O)C(Cc1cccc(F)c1)N(CC(=O)Nc1cc(Cl)ccc1-n1cc(Cl)nn1)C(=O)CCl. The summed E-state index contributed by atoms with van der Waals surface area (Å²) in [4.78, 5) is 40.3. The summed E-state index contributed by atoms with van der Waals surface area (Å²) < 4.78 is 20.7. The van der Waals surface area contributed by atoms with Crippen molar-refractivity contribution in [2.75, 3.05) is 17.7 Å². The zero-order valence-electron chi connectivity index (χ0n) is 20.8. The number of nitrogens with one attached hydrogen (secondary N) is 1. The number of amides is 2. The highest BCUT2D eigenvalue weighted by Crippen LogP contribution is 2.25. The molecule has 0 aliphatic carbocycles. The first-order chi connectivity index (χ1) is 17.9. The molecule has 2 amide bonds. The predicted octanol–water partition coefficient (Wildman–Crippen LogP) is 4.67. The molecule has 0 saturated heterocycles. The van der Waals surface area contributed by atoms with Crippen LogP contribution in [0.25, 0.3) is 5.69 Å². The van der Waals surface area contributed by atoms with Crippen LogP contribution in [0, 0.1) is 5.82 Å². The van der Waals surface area contributed by atoms with Gasteiger partial charge in [-0.2, -0.15) is 0 Å². The number of hydrogen-bond donors (Lipinski definition) is 1. The minimum Gasteiger partial charge on any atom is -0.458 e. The van der Waals surface area contributed by atoms with Crippen molar-refractivity contribution in [1.82, 2.24) is 19.9 Å². The molecule has 0 fully saturated rings. The van der Waals surface area contributed by atoms with Crippen LogP contribution in [0.5, 0.6) is 0 Å². The molecule has 3 aromatic rings. The van der Waals surface area contributed by atoms with Gasteiger partial charge in [0, 0.05) is 11.4 Å². The van der Waals surface area contributed by atoms with E-state index in [0.717, 1.165) is 4.90 Å². The molecule has 0 aliphatic heterocycles. The molecule has 13 heteroatoms. The maximum Gasteiger partial charge on any atom is 0.329 e. The minimum absolute atomic E-state index is 0.109. The largest absolute Gasteiger partial charge is 0.458 e. The molecule has 2 aromatic carbocycles. The number of ether oxygens (including phenoxy) is 1. The van der Waals surface area contributed by atoms with Gasteiger partial charge in [-0.3, -0.25) is 9.59 Å². The Kier molecular flexibility index (Phi) is 9.70. The lowest BCUT2D eigenvalue weighted by atomic mass is 10.0. The highest BCUT2D eigenvalue weighted by Gasteiger charge is 2.34. The van der Waals surface area contributed by atoms with E-state index in [1.165, 1.54) is 35.1 Å². The van der Waals surface area contributed by atoms with Gasteiger partial charge in [0.25, 0.3) is 0 Å². The van der Waals surface area contributed by atoms with Crippen molar-refractivity contribution in [3.8, 4) is 5.69 Å². The van der Waals surface area contributed by atoms with Gasteiger partial charge in [0.15, 0.2) is 5.15 Å². The summed E-state index contributed by atoms with van der Waals surface area (Å²) in [7, 11) is 0. The van der Waals surface area contributed by atoms with E-state index in [2.05, 4.69) is 15.6 Å². The first-order valence-electron chi connectivity index (χ1n) is 11.4. The summed E-state index contributed by atoms with van der Waals surface area (Å²) in [5.74, 6) is -3.14. The number of halogens is 4. The Morgan fingerprint density at radius 1 is 1.16 bits per heavy atom. The molecule has 0 spiro atoms. The second-order valence-electron chi connectivity index (χ2n) is 9.23. The molecule has 0 bridgehead atoms. The van der Waals surface area contributed by atoms with E-state index >= 15 is 0 Å². The fourth-order valence-corrected chi connectivity index (χ4v) is 3.99. The molecule has 9 nitrogen and oxygen atoms in total. The van der Waals surface area contributed by atoms with Crippen LogP contribution < -0.4 is 5.32 Å². The van der Waals surface area contributed by atoms with E-state index in [4.69, 9.17) is 39.5 Å². The van der Waals surface area contributed by atoms with Gasteiger partial charge in [0.1, 0.15) is 29.9 Å². The molecule has 38 heavy (non-hydrogen) atoms. The molecular formula is C25H25Cl3FN5O4. The average molecular weight is 585 g/mol.